The molecule has 0 saturated heterocycles. The molecule has 0 aliphatic carbocycles. The summed E-state index contributed by atoms with van der Waals surface area (Å²) in [5, 5.41) is 4.66. The molecular weight excluding hydrogens is 262 g/mol. The van der Waals surface area contributed by atoms with Gasteiger partial charge in [-0.05, 0) is 30.0 Å². The Morgan fingerprint density at radius 3 is 2.81 bits per heavy atom. The summed E-state index contributed by atoms with van der Waals surface area (Å²) in [4.78, 5) is 13.3. The minimum Gasteiger partial charge on any atom is -0.349 e. The van der Waals surface area contributed by atoms with Crippen LogP contribution in [0.4, 0.5) is 0 Å². The molecule has 4 nitrogen and oxygen atoms in total. The maximum atomic E-state index is 11.6. The van der Waals surface area contributed by atoms with E-state index in [0.29, 0.717) is 6.42 Å². The van der Waals surface area contributed by atoms with Crippen molar-refractivity contribution in [3.05, 3.63) is 36.0 Å². The molecule has 114 valence electrons. The normalized spacial score (nSPS) is 11.0. The van der Waals surface area contributed by atoms with Gasteiger partial charge in [-0.1, -0.05) is 25.1 Å². The number of carbonyl (C=O) groups is 1. The lowest BCUT2D eigenvalue weighted by molar-refractivity contribution is -0.128. The van der Waals surface area contributed by atoms with Gasteiger partial charge in [-0.15, -0.1) is 0 Å². The minimum atomic E-state index is 0.194. The van der Waals surface area contributed by atoms with Crippen molar-refractivity contribution in [3.63, 3.8) is 0 Å². The van der Waals surface area contributed by atoms with Crippen molar-refractivity contribution in [1.29, 1.82) is 0 Å². The second kappa shape index (κ2) is 7.27. The average molecular weight is 287 g/mol. The van der Waals surface area contributed by atoms with Gasteiger partial charge in [0.2, 0.25) is 5.91 Å². The highest BCUT2D eigenvalue weighted by Gasteiger charge is 2.08. The SMILES string of the molecule is CCNCc1cccc2ccn(CCCC(=O)N(C)C)c12. The number of nitrogens with one attached hydrogen (secondary N) is 1. The molecule has 0 fully saturated rings. The lowest BCUT2D eigenvalue weighted by atomic mass is 10.1. The summed E-state index contributed by atoms with van der Waals surface area (Å²) in [5.41, 5.74) is 2.61. The molecule has 4 heteroatoms. The molecule has 1 aromatic carbocycles. The molecule has 0 unspecified atom stereocenters. The van der Waals surface area contributed by atoms with E-state index in [9.17, 15) is 4.79 Å². The Morgan fingerprint density at radius 1 is 1.29 bits per heavy atom. The molecule has 0 bridgehead atoms. The fourth-order valence-electron chi connectivity index (χ4n) is 2.55. The van der Waals surface area contributed by atoms with Gasteiger partial charge in [-0.3, -0.25) is 4.79 Å². The monoisotopic (exact) mass is 287 g/mol. The highest BCUT2D eigenvalue weighted by atomic mass is 16.2. The number of hydrogen-bond donors (Lipinski definition) is 1. The molecule has 0 saturated carbocycles. The molecule has 1 aromatic heterocycles. The number of nitrogens with zero attached hydrogens (tertiary/aromatic N) is 2. The van der Waals surface area contributed by atoms with Crippen LogP contribution >= 0.6 is 0 Å². The zero-order valence-electron chi connectivity index (χ0n) is 13.2. The van der Waals surface area contributed by atoms with E-state index in [1.54, 1.807) is 4.90 Å². The van der Waals surface area contributed by atoms with E-state index in [-0.39, 0.29) is 5.91 Å². The van der Waals surface area contributed by atoms with Crippen LogP contribution in [0.3, 0.4) is 0 Å². The van der Waals surface area contributed by atoms with Crippen molar-refractivity contribution < 1.29 is 4.79 Å². The lowest BCUT2D eigenvalue weighted by Crippen LogP contribution is -2.21. The van der Waals surface area contributed by atoms with Crippen LogP contribution in [0.5, 0.6) is 0 Å². The number of aromatic nitrogens is 1. The maximum absolute atomic E-state index is 11.6. The summed E-state index contributed by atoms with van der Waals surface area (Å²) in [5.74, 6) is 0.194. The van der Waals surface area contributed by atoms with Gasteiger partial charge < -0.3 is 14.8 Å². The zero-order valence-corrected chi connectivity index (χ0v) is 13.2. The van der Waals surface area contributed by atoms with Crippen LogP contribution in [0.25, 0.3) is 10.9 Å². The fraction of sp³-hybridized carbons (Fsp3) is 0.471. The first kappa shape index (κ1) is 15.6. The zero-order chi connectivity index (χ0) is 15.2. The Bertz CT molecular complexity index is 601. The second-order valence-corrected chi connectivity index (χ2v) is 5.54. The predicted octanol–water partition coefficient (Wildman–Crippen LogP) is 2.62. The van der Waals surface area contributed by atoms with E-state index in [0.717, 1.165) is 26.1 Å². The molecule has 0 aliphatic rings. The van der Waals surface area contributed by atoms with E-state index < -0.39 is 0 Å². The predicted molar refractivity (Wildman–Crippen MR) is 87.2 cm³/mol. The van der Waals surface area contributed by atoms with E-state index in [1.807, 2.05) is 14.1 Å². The summed E-state index contributed by atoms with van der Waals surface area (Å²) in [6, 6.07) is 8.58. The van der Waals surface area contributed by atoms with Gasteiger partial charge in [0.05, 0.1) is 5.52 Å². The smallest absolute Gasteiger partial charge is 0.222 e. The molecule has 1 heterocycles. The van der Waals surface area contributed by atoms with Crippen LogP contribution in [0, 0.1) is 0 Å². The molecule has 0 atom stereocenters. The van der Waals surface area contributed by atoms with Gasteiger partial charge in [-0.25, -0.2) is 0 Å². The molecule has 2 aromatic rings. The topological polar surface area (TPSA) is 37.3 Å². The van der Waals surface area contributed by atoms with Crippen LogP contribution in [-0.4, -0.2) is 36.0 Å². The van der Waals surface area contributed by atoms with Crippen LogP contribution in [-0.2, 0) is 17.9 Å². The Balaban J connectivity index is 2.11. The molecule has 1 amide bonds. The average Bonchev–Trinajstić information content (AvgIpc) is 2.89. The molecule has 2 rings (SSSR count). The second-order valence-electron chi connectivity index (χ2n) is 5.54. The van der Waals surface area contributed by atoms with Gasteiger partial charge in [0.25, 0.3) is 0 Å². The number of amides is 1. The van der Waals surface area contributed by atoms with Gasteiger partial charge in [0.15, 0.2) is 0 Å². The Hall–Kier alpha value is -1.81. The maximum Gasteiger partial charge on any atom is 0.222 e. The van der Waals surface area contributed by atoms with E-state index in [1.165, 1.54) is 16.5 Å². The third kappa shape index (κ3) is 3.85. The van der Waals surface area contributed by atoms with E-state index in [2.05, 4.69) is 47.3 Å². The number of fused-ring (bicyclic) bond motifs is 1. The summed E-state index contributed by atoms with van der Waals surface area (Å²) in [6.45, 7) is 4.85. The Kier molecular flexibility index (Phi) is 5.39. The third-order valence-electron chi connectivity index (χ3n) is 3.73. The summed E-state index contributed by atoms with van der Waals surface area (Å²) in [6.07, 6.45) is 3.60. The van der Waals surface area contributed by atoms with Crippen LogP contribution in [0.2, 0.25) is 0 Å². The van der Waals surface area contributed by atoms with E-state index >= 15 is 0 Å². The van der Waals surface area contributed by atoms with E-state index in [4.69, 9.17) is 0 Å². The minimum absolute atomic E-state index is 0.194. The van der Waals surface area contributed by atoms with Crippen molar-refractivity contribution in [1.82, 2.24) is 14.8 Å². The fourth-order valence-corrected chi connectivity index (χ4v) is 2.55. The number of rotatable bonds is 7. The van der Waals surface area contributed by atoms with Gasteiger partial charge >= 0.3 is 0 Å². The summed E-state index contributed by atoms with van der Waals surface area (Å²) in [7, 11) is 3.61. The highest BCUT2D eigenvalue weighted by Crippen LogP contribution is 2.21. The molecular formula is C17H25N3O. The van der Waals surface area contributed by atoms with Gasteiger partial charge in [0.1, 0.15) is 0 Å². The first-order chi connectivity index (χ1) is 10.1. The van der Waals surface area contributed by atoms with Crippen LogP contribution in [0.1, 0.15) is 25.3 Å². The number of carbonyl (C=O) groups excluding carboxylic acids is 1. The molecule has 0 aliphatic heterocycles. The summed E-state index contributed by atoms with van der Waals surface area (Å²) < 4.78 is 2.27. The Morgan fingerprint density at radius 2 is 2.10 bits per heavy atom. The Labute approximate surface area is 126 Å². The van der Waals surface area contributed by atoms with Crippen LogP contribution in [0.15, 0.2) is 30.5 Å². The number of aryl methyl sites for hydroxylation is 1. The largest absolute Gasteiger partial charge is 0.349 e. The van der Waals surface area contributed by atoms with Crippen LogP contribution < -0.4 is 5.32 Å². The first-order valence-electron chi connectivity index (χ1n) is 7.61. The first-order valence-corrected chi connectivity index (χ1v) is 7.61. The molecule has 0 spiro atoms. The summed E-state index contributed by atoms with van der Waals surface area (Å²) >= 11 is 0. The quantitative estimate of drug-likeness (QED) is 0.850. The molecule has 1 N–H and O–H groups in total. The standard InChI is InChI=1S/C17H25N3O/c1-4-18-13-15-8-5-7-14-10-12-20(17(14)15)11-6-9-16(21)19(2)3/h5,7-8,10,12,18H,4,6,9,11,13H2,1-3H3. The van der Waals surface area contributed by atoms with Gasteiger partial charge in [-0.2, -0.15) is 0 Å². The van der Waals surface area contributed by atoms with Crippen molar-refractivity contribution in [2.24, 2.45) is 0 Å². The van der Waals surface area contributed by atoms with Crippen molar-refractivity contribution >= 4 is 16.8 Å². The number of para-hydroxylation sites is 1. The third-order valence-corrected chi connectivity index (χ3v) is 3.73. The molecule has 21 heavy (non-hydrogen) atoms. The highest BCUT2D eigenvalue weighted by molar-refractivity contribution is 5.83. The molecule has 0 radical (unpaired) electrons. The number of hydrogen-bond acceptors (Lipinski definition) is 2. The van der Waals surface area contributed by atoms with Gasteiger partial charge in [0, 0.05) is 39.8 Å². The van der Waals surface area contributed by atoms with Crippen molar-refractivity contribution in [3.8, 4) is 0 Å². The van der Waals surface area contributed by atoms with Crippen molar-refractivity contribution in [2.75, 3.05) is 20.6 Å². The number of benzene rings is 1. The van der Waals surface area contributed by atoms with Crippen molar-refractivity contribution in [2.45, 2.75) is 32.9 Å². The lowest BCUT2D eigenvalue weighted by Gasteiger charge is -2.12.